The van der Waals surface area contributed by atoms with Crippen molar-refractivity contribution < 1.29 is 14.8 Å². The largest absolute Gasteiger partial charge is 0.868 e. The van der Waals surface area contributed by atoms with Crippen molar-refractivity contribution in [3.8, 4) is 5.75 Å². The van der Waals surface area contributed by atoms with Gasteiger partial charge in [0.05, 0.1) is 11.1 Å². The molecular weight excluding hydrogens is 336 g/mol. The van der Waals surface area contributed by atoms with E-state index in [4.69, 9.17) is 0 Å². The van der Waals surface area contributed by atoms with Crippen molar-refractivity contribution in [3.63, 3.8) is 0 Å². The van der Waals surface area contributed by atoms with Crippen molar-refractivity contribution in [3.05, 3.63) is 63.7 Å². The summed E-state index contributed by atoms with van der Waals surface area (Å²) in [5.41, 5.74) is 3.74. The highest BCUT2D eigenvalue weighted by Crippen LogP contribution is 2.23. The van der Waals surface area contributed by atoms with Gasteiger partial charge in [-0.2, -0.15) is 5.10 Å². The number of nitrogens with one attached hydrogen (secondary N) is 1. The predicted octanol–water partition coefficient (Wildman–Crippen LogP) is 2.03. The Morgan fingerprint density at radius 2 is 1.85 bits per heavy atom. The molecule has 1 N–H and O–H groups in total. The SMILES string of the molecule is O=C(N/N=C\c1ccc([O-])c([N+](=O)[O-])c1)c1ccc(N2CCCC2)cc1. The molecule has 1 fully saturated rings. The summed E-state index contributed by atoms with van der Waals surface area (Å²) in [7, 11) is 0. The fourth-order valence-corrected chi connectivity index (χ4v) is 2.79. The van der Waals surface area contributed by atoms with Gasteiger partial charge in [-0.25, -0.2) is 5.43 Å². The Morgan fingerprint density at radius 1 is 1.15 bits per heavy atom. The average Bonchev–Trinajstić information content (AvgIpc) is 3.17. The zero-order valence-electron chi connectivity index (χ0n) is 13.9. The molecule has 0 radical (unpaired) electrons. The molecule has 1 amide bonds. The molecule has 1 saturated heterocycles. The van der Waals surface area contributed by atoms with Crippen LogP contribution in [0, 0.1) is 10.1 Å². The molecule has 0 unspecified atom stereocenters. The molecule has 0 saturated carbocycles. The number of nitro benzene ring substituents is 1. The first-order chi connectivity index (χ1) is 12.5. The molecule has 2 aromatic carbocycles. The van der Waals surface area contributed by atoms with Crippen LogP contribution < -0.4 is 15.4 Å². The molecular formula is C18H17N4O4-. The van der Waals surface area contributed by atoms with Crippen molar-refractivity contribution in [1.29, 1.82) is 0 Å². The fourth-order valence-electron chi connectivity index (χ4n) is 2.79. The van der Waals surface area contributed by atoms with Crippen LogP contribution in [0.15, 0.2) is 47.6 Å². The van der Waals surface area contributed by atoms with E-state index in [0.717, 1.165) is 30.9 Å². The van der Waals surface area contributed by atoms with Gasteiger partial charge in [-0.3, -0.25) is 14.9 Å². The first-order valence-corrected chi connectivity index (χ1v) is 8.18. The number of nitro groups is 1. The maximum atomic E-state index is 12.1. The minimum Gasteiger partial charge on any atom is -0.868 e. The Bertz CT molecular complexity index is 843. The molecule has 8 nitrogen and oxygen atoms in total. The van der Waals surface area contributed by atoms with Crippen molar-refractivity contribution >= 4 is 23.5 Å². The molecule has 3 rings (SSSR count). The van der Waals surface area contributed by atoms with Gasteiger partial charge in [-0.05, 0) is 42.9 Å². The average molecular weight is 353 g/mol. The molecule has 0 aromatic heterocycles. The molecule has 1 aliphatic rings. The second-order valence-electron chi connectivity index (χ2n) is 5.92. The minimum absolute atomic E-state index is 0.348. The van der Waals surface area contributed by atoms with Crippen molar-refractivity contribution in [2.45, 2.75) is 12.8 Å². The Kier molecular flexibility index (Phi) is 5.12. The smallest absolute Gasteiger partial charge is 0.271 e. The standard InChI is InChI=1S/C18H18N4O4/c23-17-8-3-13(11-16(17)22(25)26)12-19-20-18(24)14-4-6-15(7-5-14)21-9-1-2-10-21/h3-8,11-12,23H,1-2,9-10H2,(H,20,24)/p-1/b19-12-. The normalized spacial score (nSPS) is 13.9. The van der Waals surface area contributed by atoms with E-state index in [1.54, 1.807) is 12.1 Å². The Morgan fingerprint density at radius 3 is 2.50 bits per heavy atom. The number of rotatable bonds is 5. The van der Waals surface area contributed by atoms with Gasteiger partial charge >= 0.3 is 0 Å². The summed E-state index contributed by atoms with van der Waals surface area (Å²) in [5.74, 6) is -1.06. The number of carbonyl (C=O) groups is 1. The number of benzene rings is 2. The summed E-state index contributed by atoms with van der Waals surface area (Å²) >= 11 is 0. The number of hydrogen-bond donors (Lipinski definition) is 1. The second-order valence-corrected chi connectivity index (χ2v) is 5.92. The first kappa shape index (κ1) is 17.4. The van der Waals surface area contributed by atoms with Crippen LogP contribution in [0.25, 0.3) is 0 Å². The third-order valence-electron chi connectivity index (χ3n) is 4.16. The van der Waals surface area contributed by atoms with Crippen LogP contribution in [-0.4, -0.2) is 30.1 Å². The summed E-state index contributed by atoms with van der Waals surface area (Å²) in [5, 5.41) is 25.9. The topological polar surface area (TPSA) is 111 Å². The highest BCUT2D eigenvalue weighted by Gasteiger charge is 2.13. The summed E-state index contributed by atoms with van der Waals surface area (Å²) in [4.78, 5) is 24.4. The second kappa shape index (κ2) is 7.64. The van der Waals surface area contributed by atoms with E-state index in [-0.39, 0.29) is 5.91 Å². The predicted molar refractivity (Wildman–Crippen MR) is 95.5 cm³/mol. The monoisotopic (exact) mass is 353 g/mol. The van der Waals surface area contributed by atoms with Gasteiger partial charge in [0.1, 0.15) is 0 Å². The fraction of sp³-hybridized carbons (Fsp3) is 0.222. The van der Waals surface area contributed by atoms with E-state index >= 15 is 0 Å². The summed E-state index contributed by atoms with van der Waals surface area (Å²) in [6.45, 7) is 2.06. The van der Waals surface area contributed by atoms with E-state index < -0.39 is 16.4 Å². The van der Waals surface area contributed by atoms with E-state index in [2.05, 4.69) is 15.4 Å². The lowest BCUT2D eigenvalue weighted by atomic mass is 10.2. The quantitative estimate of drug-likeness (QED) is 0.502. The molecule has 0 atom stereocenters. The number of hydrogen-bond acceptors (Lipinski definition) is 6. The lowest BCUT2D eigenvalue weighted by molar-refractivity contribution is -0.398. The molecule has 134 valence electrons. The molecule has 8 heteroatoms. The van der Waals surface area contributed by atoms with Crippen molar-refractivity contribution in [2.24, 2.45) is 5.10 Å². The third-order valence-corrected chi connectivity index (χ3v) is 4.16. The van der Waals surface area contributed by atoms with Crippen LogP contribution in [0.3, 0.4) is 0 Å². The molecule has 2 aromatic rings. The van der Waals surface area contributed by atoms with Crippen LogP contribution in [0.5, 0.6) is 5.75 Å². The van der Waals surface area contributed by atoms with Gasteiger partial charge in [0.15, 0.2) is 0 Å². The highest BCUT2D eigenvalue weighted by molar-refractivity contribution is 5.95. The summed E-state index contributed by atoms with van der Waals surface area (Å²) in [6, 6.07) is 10.9. The molecule has 0 aliphatic carbocycles. The maximum Gasteiger partial charge on any atom is 0.271 e. The minimum atomic E-state index is -0.750. The van der Waals surface area contributed by atoms with Gasteiger partial charge in [0, 0.05) is 36.0 Å². The lowest BCUT2D eigenvalue weighted by Gasteiger charge is -2.17. The van der Waals surface area contributed by atoms with Crippen LogP contribution in [0.4, 0.5) is 11.4 Å². The summed E-state index contributed by atoms with van der Waals surface area (Å²) in [6.07, 6.45) is 3.62. The zero-order chi connectivity index (χ0) is 18.5. The van der Waals surface area contributed by atoms with Crippen LogP contribution in [0.2, 0.25) is 0 Å². The molecule has 0 spiro atoms. The van der Waals surface area contributed by atoms with Gasteiger partial charge in [0.25, 0.3) is 11.6 Å². The van der Waals surface area contributed by atoms with Crippen LogP contribution in [-0.2, 0) is 0 Å². The molecule has 1 heterocycles. The molecule has 0 bridgehead atoms. The van der Waals surface area contributed by atoms with E-state index in [0.29, 0.717) is 11.1 Å². The zero-order valence-corrected chi connectivity index (χ0v) is 13.9. The number of hydrazone groups is 1. The number of amides is 1. The Balaban J connectivity index is 1.62. The van der Waals surface area contributed by atoms with Crippen LogP contribution in [0.1, 0.15) is 28.8 Å². The first-order valence-electron chi connectivity index (χ1n) is 8.18. The number of anilines is 1. The molecule has 1 aliphatic heterocycles. The number of carbonyl (C=O) groups excluding carboxylic acids is 1. The number of nitrogens with zero attached hydrogens (tertiary/aromatic N) is 3. The maximum absolute atomic E-state index is 12.1. The van der Waals surface area contributed by atoms with E-state index in [9.17, 15) is 20.0 Å². The van der Waals surface area contributed by atoms with Crippen molar-refractivity contribution in [1.82, 2.24) is 5.43 Å². The van der Waals surface area contributed by atoms with Crippen LogP contribution >= 0.6 is 0 Å². The van der Waals surface area contributed by atoms with E-state index in [1.807, 2.05) is 12.1 Å². The Labute approximate surface area is 149 Å². The highest BCUT2D eigenvalue weighted by atomic mass is 16.6. The van der Waals surface area contributed by atoms with Crippen molar-refractivity contribution in [2.75, 3.05) is 18.0 Å². The van der Waals surface area contributed by atoms with Gasteiger partial charge in [-0.1, -0.05) is 12.1 Å². The van der Waals surface area contributed by atoms with Gasteiger partial charge in [0.2, 0.25) is 0 Å². The molecule has 26 heavy (non-hydrogen) atoms. The summed E-state index contributed by atoms with van der Waals surface area (Å²) < 4.78 is 0. The third kappa shape index (κ3) is 3.97. The van der Waals surface area contributed by atoms with Gasteiger partial charge in [-0.15, -0.1) is 0 Å². The Hall–Kier alpha value is -3.42. The van der Waals surface area contributed by atoms with E-state index in [1.165, 1.54) is 25.1 Å². The lowest BCUT2D eigenvalue weighted by Crippen LogP contribution is -2.19. The van der Waals surface area contributed by atoms with Gasteiger partial charge < -0.3 is 10.0 Å².